The molecule has 0 aliphatic heterocycles. The fraction of sp³-hybridized carbons (Fsp3) is 0.333. The van der Waals surface area contributed by atoms with Crippen LogP contribution in [-0.2, 0) is 9.84 Å². The average molecular weight is 260 g/mol. The quantitative estimate of drug-likeness (QED) is 0.835. The van der Waals surface area contributed by atoms with Gasteiger partial charge in [-0.3, -0.25) is 0 Å². The number of aromatic amines is 1. The number of pyridine rings is 1. The van der Waals surface area contributed by atoms with Crippen LogP contribution in [0.15, 0.2) is 17.3 Å². The van der Waals surface area contributed by atoms with Crippen molar-refractivity contribution >= 4 is 32.6 Å². The molecule has 0 saturated heterocycles. The van der Waals surface area contributed by atoms with Crippen molar-refractivity contribution in [1.29, 1.82) is 0 Å². The van der Waals surface area contributed by atoms with Gasteiger partial charge in [0, 0.05) is 0 Å². The number of fused-ring (bicyclic) bond motifs is 1. The predicted molar refractivity (Wildman–Crippen MR) is 61.2 cm³/mol. The third-order valence-electron chi connectivity index (χ3n) is 2.18. The summed E-state index contributed by atoms with van der Waals surface area (Å²) in [6.07, 6.45) is 0. The van der Waals surface area contributed by atoms with Crippen molar-refractivity contribution in [2.24, 2.45) is 0 Å². The number of rotatable bonds is 2. The first-order valence-corrected chi connectivity index (χ1v) is 6.60. The van der Waals surface area contributed by atoms with E-state index in [4.69, 9.17) is 11.6 Å². The van der Waals surface area contributed by atoms with Crippen LogP contribution < -0.4 is 0 Å². The molecule has 2 aromatic heterocycles. The second-order valence-electron chi connectivity index (χ2n) is 3.64. The van der Waals surface area contributed by atoms with Crippen molar-refractivity contribution in [2.75, 3.05) is 0 Å². The van der Waals surface area contributed by atoms with E-state index >= 15 is 0 Å². The number of hydrogen-bond acceptors (Lipinski definition) is 4. The number of sulfone groups is 1. The van der Waals surface area contributed by atoms with Crippen LogP contribution in [0.2, 0.25) is 5.15 Å². The van der Waals surface area contributed by atoms with Gasteiger partial charge in [0.15, 0.2) is 5.65 Å². The maximum atomic E-state index is 11.8. The van der Waals surface area contributed by atoms with Gasteiger partial charge in [0.25, 0.3) is 0 Å². The molecule has 0 bridgehead atoms. The highest BCUT2D eigenvalue weighted by molar-refractivity contribution is 7.91. The number of imidazole rings is 1. The van der Waals surface area contributed by atoms with Gasteiger partial charge in [-0.2, -0.15) is 4.98 Å². The predicted octanol–water partition coefficient (Wildman–Crippen LogP) is 1.79. The van der Waals surface area contributed by atoms with E-state index in [-0.39, 0.29) is 10.3 Å². The van der Waals surface area contributed by atoms with Gasteiger partial charge in [-0.15, -0.1) is 0 Å². The molecule has 0 unspecified atom stereocenters. The summed E-state index contributed by atoms with van der Waals surface area (Å²) in [5.74, 6) is 0. The monoisotopic (exact) mass is 259 g/mol. The van der Waals surface area contributed by atoms with E-state index in [1.54, 1.807) is 26.0 Å². The number of halogens is 1. The van der Waals surface area contributed by atoms with E-state index in [2.05, 4.69) is 15.0 Å². The summed E-state index contributed by atoms with van der Waals surface area (Å²) in [5.41, 5.74) is 0.871. The molecule has 1 N–H and O–H groups in total. The second kappa shape index (κ2) is 3.71. The minimum absolute atomic E-state index is 0.0627. The van der Waals surface area contributed by atoms with Gasteiger partial charge in [0.2, 0.25) is 15.0 Å². The van der Waals surface area contributed by atoms with Gasteiger partial charge in [0.1, 0.15) is 5.15 Å². The Morgan fingerprint density at radius 1 is 1.31 bits per heavy atom. The van der Waals surface area contributed by atoms with Crippen LogP contribution in [0.25, 0.3) is 11.2 Å². The molecule has 5 nitrogen and oxygen atoms in total. The zero-order valence-electron chi connectivity index (χ0n) is 8.73. The van der Waals surface area contributed by atoms with Gasteiger partial charge in [-0.25, -0.2) is 13.4 Å². The van der Waals surface area contributed by atoms with E-state index in [9.17, 15) is 8.42 Å². The van der Waals surface area contributed by atoms with Crippen molar-refractivity contribution in [3.63, 3.8) is 0 Å². The van der Waals surface area contributed by atoms with Gasteiger partial charge in [-0.1, -0.05) is 11.6 Å². The summed E-state index contributed by atoms with van der Waals surface area (Å²) in [7, 11) is -3.40. The van der Waals surface area contributed by atoms with Crippen LogP contribution in [0.3, 0.4) is 0 Å². The third-order valence-corrected chi connectivity index (χ3v) is 4.36. The zero-order chi connectivity index (χ0) is 11.9. The fourth-order valence-corrected chi connectivity index (χ4v) is 2.26. The highest BCUT2D eigenvalue weighted by atomic mass is 35.5. The molecule has 0 spiro atoms. The SMILES string of the molecule is CC(C)S(=O)(=O)c1nc2nc(Cl)ccc2[nH]1. The number of hydrogen-bond donors (Lipinski definition) is 1. The lowest BCUT2D eigenvalue weighted by Gasteiger charge is -2.02. The molecule has 16 heavy (non-hydrogen) atoms. The van der Waals surface area contributed by atoms with Gasteiger partial charge >= 0.3 is 0 Å². The molecule has 0 fully saturated rings. The summed E-state index contributed by atoms with van der Waals surface area (Å²) < 4.78 is 23.7. The zero-order valence-corrected chi connectivity index (χ0v) is 10.3. The molecule has 0 saturated carbocycles. The molecule has 0 aromatic carbocycles. The van der Waals surface area contributed by atoms with Crippen molar-refractivity contribution in [3.05, 3.63) is 17.3 Å². The Hall–Kier alpha value is -1.14. The van der Waals surface area contributed by atoms with Gasteiger partial charge < -0.3 is 4.98 Å². The molecule has 0 aliphatic rings. The van der Waals surface area contributed by atoms with Crippen LogP contribution in [0.5, 0.6) is 0 Å². The summed E-state index contributed by atoms with van der Waals surface area (Å²) in [5, 5.41) is -0.303. The molecular weight excluding hydrogens is 250 g/mol. The average Bonchev–Trinajstić information content (AvgIpc) is 2.60. The lowest BCUT2D eigenvalue weighted by atomic mass is 10.4. The smallest absolute Gasteiger partial charge is 0.227 e. The largest absolute Gasteiger partial charge is 0.327 e. The maximum absolute atomic E-state index is 11.8. The summed E-state index contributed by atoms with van der Waals surface area (Å²) in [6.45, 7) is 3.20. The lowest BCUT2D eigenvalue weighted by molar-refractivity contribution is 0.580. The Bertz CT molecular complexity index is 633. The molecule has 0 amide bonds. The van der Waals surface area contributed by atoms with Crippen LogP contribution in [0.1, 0.15) is 13.8 Å². The van der Waals surface area contributed by atoms with E-state index < -0.39 is 15.1 Å². The Morgan fingerprint density at radius 2 is 2.00 bits per heavy atom. The van der Waals surface area contributed by atoms with Crippen molar-refractivity contribution < 1.29 is 8.42 Å². The molecule has 0 atom stereocenters. The topological polar surface area (TPSA) is 75.7 Å². The Kier molecular flexibility index (Phi) is 2.63. The number of H-pyrrole nitrogens is 1. The molecule has 2 heterocycles. The Morgan fingerprint density at radius 3 is 2.62 bits per heavy atom. The first-order valence-electron chi connectivity index (χ1n) is 4.67. The lowest BCUT2D eigenvalue weighted by Crippen LogP contribution is -2.15. The second-order valence-corrected chi connectivity index (χ2v) is 6.45. The van der Waals surface area contributed by atoms with Gasteiger partial charge in [0.05, 0.1) is 10.8 Å². The standard InChI is InChI=1S/C9H10ClN3O2S/c1-5(2)16(14,15)9-11-6-3-4-7(10)12-8(6)13-9/h3-5H,1-2H3,(H,11,12,13). The van der Waals surface area contributed by atoms with Gasteiger partial charge in [-0.05, 0) is 26.0 Å². The number of nitrogens with zero attached hydrogens (tertiary/aromatic N) is 2. The number of aromatic nitrogens is 3. The summed E-state index contributed by atoms with van der Waals surface area (Å²) in [4.78, 5) is 10.6. The van der Waals surface area contributed by atoms with Crippen molar-refractivity contribution in [3.8, 4) is 0 Å². The van der Waals surface area contributed by atoms with E-state index in [0.717, 1.165) is 0 Å². The molecule has 0 radical (unpaired) electrons. The Balaban J connectivity index is 2.65. The third kappa shape index (κ3) is 1.78. The maximum Gasteiger partial charge on any atom is 0.227 e. The first-order chi connectivity index (χ1) is 7.41. The minimum atomic E-state index is -3.40. The van der Waals surface area contributed by atoms with E-state index in [1.165, 1.54) is 0 Å². The minimum Gasteiger partial charge on any atom is -0.327 e. The number of nitrogens with one attached hydrogen (secondary N) is 1. The molecule has 86 valence electrons. The normalized spacial score (nSPS) is 12.5. The van der Waals surface area contributed by atoms with Crippen molar-refractivity contribution in [2.45, 2.75) is 24.3 Å². The molecule has 7 heteroatoms. The molecular formula is C9H10ClN3O2S. The van der Waals surface area contributed by atoms with Crippen molar-refractivity contribution in [1.82, 2.24) is 15.0 Å². The fourth-order valence-electron chi connectivity index (χ4n) is 1.21. The van der Waals surface area contributed by atoms with Crippen LogP contribution in [-0.4, -0.2) is 28.6 Å². The Labute approximate surface area is 97.8 Å². The van der Waals surface area contributed by atoms with Crippen LogP contribution >= 0.6 is 11.6 Å². The van der Waals surface area contributed by atoms with Crippen LogP contribution in [0, 0.1) is 0 Å². The van der Waals surface area contributed by atoms with E-state index in [0.29, 0.717) is 11.2 Å². The highest BCUT2D eigenvalue weighted by Crippen LogP contribution is 2.18. The molecule has 0 aliphatic carbocycles. The summed E-state index contributed by atoms with van der Waals surface area (Å²) >= 11 is 5.69. The van der Waals surface area contributed by atoms with Crippen LogP contribution in [0.4, 0.5) is 0 Å². The highest BCUT2D eigenvalue weighted by Gasteiger charge is 2.23. The molecule has 2 rings (SSSR count). The first kappa shape index (κ1) is 11.3. The molecule has 2 aromatic rings. The summed E-state index contributed by atoms with van der Waals surface area (Å²) in [6, 6.07) is 3.23. The van der Waals surface area contributed by atoms with E-state index in [1.807, 2.05) is 0 Å².